The molecule has 1 aliphatic rings. The SMILES string of the molecule is CC(C)c1cccc(-c2ccc(C(=O)N3CCC(C(C)O)CC3)o2)c1. The highest BCUT2D eigenvalue weighted by Gasteiger charge is 2.27. The van der Waals surface area contributed by atoms with Gasteiger partial charge in [0.25, 0.3) is 5.91 Å². The molecule has 1 unspecified atom stereocenters. The molecule has 1 amide bonds. The van der Waals surface area contributed by atoms with Crippen LogP contribution >= 0.6 is 0 Å². The van der Waals surface area contributed by atoms with Gasteiger partial charge in [0.05, 0.1) is 6.10 Å². The van der Waals surface area contributed by atoms with E-state index < -0.39 is 0 Å². The molecule has 4 nitrogen and oxygen atoms in total. The maximum Gasteiger partial charge on any atom is 0.289 e. The molecular formula is C21H27NO3. The lowest BCUT2D eigenvalue weighted by atomic mass is 9.92. The van der Waals surface area contributed by atoms with E-state index in [2.05, 4.69) is 26.0 Å². The maximum atomic E-state index is 12.7. The van der Waals surface area contributed by atoms with Crippen molar-refractivity contribution < 1.29 is 14.3 Å². The van der Waals surface area contributed by atoms with Gasteiger partial charge in [-0.3, -0.25) is 4.79 Å². The highest BCUT2D eigenvalue weighted by molar-refractivity contribution is 5.92. The summed E-state index contributed by atoms with van der Waals surface area (Å²) >= 11 is 0. The van der Waals surface area contributed by atoms with Crippen LogP contribution < -0.4 is 0 Å². The fraction of sp³-hybridized carbons (Fsp3) is 0.476. The topological polar surface area (TPSA) is 53.7 Å². The van der Waals surface area contributed by atoms with E-state index >= 15 is 0 Å². The molecule has 1 atom stereocenters. The Morgan fingerprint density at radius 3 is 2.52 bits per heavy atom. The minimum Gasteiger partial charge on any atom is -0.451 e. The average Bonchev–Trinajstić information content (AvgIpc) is 3.11. The number of likely N-dealkylation sites (tertiary alicyclic amines) is 1. The first-order valence-corrected chi connectivity index (χ1v) is 9.13. The molecule has 1 saturated heterocycles. The molecule has 1 aromatic carbocycles. The molecule has 1 aliphatic heterocycles. The van der Waals surface area contributed by atoms with Gasteiger partial charge < -0.3 is 14.4 Å². The molecule has 0 aliphatic carbocycles. The van der Waals surface area contributed by atoms with Gasteiger partial charge in [0.1, 0.15) is 5.76 Å². The average molecular weight is 341 g/mol. The molecule has 2 aromatic rings. The Morgan fingerprint density at radius 2 is 1.88 bits per heavy atom. The van der Waals surface area contributed by atoms with Gasteiger partial charge in [0.2, 0.25) is 0 Å². The quantitative estimate of drug-likeness (QED) is 0.902. The van der Waals surface area contributed by atoms with Gasteiger partial charge in [-0.25, -0.2) is 0 Å². The first kappa shape index (κ1) is 17.7. The first-order valence-electron chi connectivity index (χ1n) is 9.13. The zero-order chi connectivity index (χ0) is 18.0. The number of hydrogen-bond acceptors (Lipinski definition) is 3. The third-order valence-corrected chi connectivity index (χ3v) is 5.16. The molecule has 2 heterocycles. The number of aliphatic hydroxyl groups is 1. The lowest BCUT2D eigenvalue weighted by Gasteiger charge is -2.32. The van der Waals surface area contributed by atoms with Crippen molar-refractivity contribution in [3.8, 4) is 11.3 Å². The number of amides is 1. The van der Waals surface area contributed by atoms with Crippen LogP contribution in [0.3, 0.4) is 0 Å². The number of furan rings is 1. The zero-order valence-corrected chi connectivity index (χ0v) is 15.2. The minimum atomic E-state index is -0.305. The van der Waals surface area contributed by atoms with Crippen LogP contribution in [0.15, 0.2) is 40.8 Å². The molecule has 0 bridgehead atoms. The van der Waals surface area contributed by atoms with E-state index in [0.29, 0.717) is 24.8 Å². The monoisotopic (exact) mass is 341 g/mol. The van der Waals surface area contributed by atoms with Crippen LogP contribution in [0.5, 0.6) is 0 Å². The molecular weight excluding hydrogens is 314 g/mol. The van der Waals surface area contributed by atoms with Crippen LogP contribution in [0.4, 0.5) is 0 Å². The van der Waals surface area contributed by atoms with E-state index in [-0.39, 0.29) is 17.9 Å². The van der Waals surface area contributed by atoms with Crippen molar-refractivity contribution in [1.29, 1.82) is 0 Å². The van der Waals surface area contributed by atoms with Crippen LogP contribution in [0.1, 0.15) is 55.6 Å². The van der Waals surface area contributed by atoms with Crippen molar-refractivity contribution in [1.82, 2.24) is 4.90 Å². The van der Waals surface area contributed by atoms with Crippen molar-refractivity contribution in [3.63, 3.8) is 0 Å². The highest BCUT2D eigenvalue weighted by Crippen LogP contribution is 2.27. The molecule has 1 aromatic heterocycles. The largest absolute Gasteiger partial charge is 0.451 e. The van der Waals surface area contributed by atoms with Gasteiger partial charge in [-0.2, -0.15) is 0 Å². The summed E-state index contributed by atoms with van der Waals surface area (Å²) in [5.41, 5.74) is 2.25. The summed E-state index contributed by atoms with van der Waals surface area (Å²) in [7, 11) is 0. The Balaban J connectivity index is 1.71. The lowest BCUT2D eigenvalue weighted by Crippen LogP contribution is -2.40. The molecule has 0 spiro atoms. The van der Waals surface area contributed by atoms with Gasteiger partial charge in [0.15, 0.2) is 5.76 Å². The Kier molecular flexibility index (Phi) is 5.28. The highest BCUT2D eigenvalue weighted by atomic mass is 16.4. The lowest BCUT2D eigenvalue weighted by molar-refractivity contribution is 0.0499. The molecule has 3 rings (SSSR count). The van der Waals surface area contributed by atoms with Crippen LogP contribution in [0.25, 0.3) is 11.3 Å². The van der Waals surface area contributed by atoms with E-state index in [1.807, 2.05) is 30.0 Å². The van der Waals surface area contributed by atoms with E-state index in [1.54, 1.807) is 6.07 Å². The number of carbonyl (C=O) groups excluding carboxylic acids is 1. The molecule has 0 saturated carbocycles. The second-order valence-corrected chi connectivity index (χ2v) is 7.31. The smallest absolute Gasteiger partial charge is 0.289 e. The summed E-state index contributed by atoms with van der Waals surface area (Å²) in [6.07, 6.45) is 1.38. The molecule has 25 heavy (non-hydrogen) atoms. The number of piperidine rings is 1. The van der Waals surface area contributed by atoms with Crippen molar-refractivity contribution >= 4 is 5.91 Å². The maximum absolute atomic E-state index is 12.7. The second-order valence-electron chi connectivity index (χ2n) is 7.31. The van der Waals surface area contributed by atoms with E-state index in [1.165, 1.54) is 5.56 Å². The van der Waals surface area contributed by atoms with Crippen LogP contribution in [0.2, 0.25) is 0 Å². The van der Waals surface area contributed by atoms with Crippen LogP contribution in [-0.4, -0.2) is 35.1 Å². The van der Waals surface area contributed by atoms with Gasteiger partial charge in [-0.15, -0.1) is 0 Å². The van der Waals surface area contributed by atoms with Crippen molar-refractivity contribution in [2.75, 3.05) is 13.1 Å². The van der Waals surface area contributed by atoms with Gasteiger partial charge in [-0.1, -0.05) is 32.0 Å². The van der Waals surface area contributed by atoms with Crippen molar-refractivity contribution in [3.05, 3.63) is 47.7 Å². The van der Waals surface area contributed by atoms with E-state index in [9.17, 15) is 9.90 Å². The minimum absolute atomic E-state index is 0.0599. The molecule has 4 heteroatoms. The van der Waals surface area contributed by atoms with E-state index in [4.69, 9.17) is 4.42 Å². The third kappa shape index (κ3) is 3.96. The Morgan fingerprint density at radius 1 is 1.16 bits per heavy atom. The fourth-order valence-corrected chi connectivity index (χ4v) is 3.40. The standard InChI is InChI=1S/C21H27NO3/c1-14(2)17-5-4-6-18(13-17)19-7-8-20(25-19)21(24)22-11-9-16(10-12-22)15(3)23/h4-8,13-16,23H,9-12H2,1-3H3. The fourth-order valence-electron chi connectivity index (χ4n) is 3.40. The summed E-state index contributed by atoms with van der Waals surface area (Å²) in [6, 6.07) is 11.9. The summed E-state index contributed by atoms with van der Waals surface area (Å²) in [4.78, 5) is 14.5. The normalized spacial score (nSPS) is 17.1. The van der Waals surface area contributed by atoms with Crippen molar-refractivity contribution in [2.24, 2.45) is 5.92 Å². The summed E-state index contributed by atoms with van der Waals surface area (Å²) in [5.74, 6) is 1.79. The van der Waals surface area contributed by atoms with Crippen LogP contribution in [0, 0.1) is 5.92 Å². The number of aliphatic hydroxyl groups excluding tert-OH is 1. The Bertz CT molecular complexity index is 724. The second kappa shape index (κ2) is 7.44. The molecule has 1 fully saturated rings. The predicted octanol–water partition coefficient (Wildman–Crippen LogP) is 4.30. The number of rotatable bonds is 4. The number of benzene rings is 1. The van der Waals surface area contributed by atoms with Gasteiger partial charge in [-0.05, 0) is 55.4 Å². The zero-order valence-electron chi connectivity index (χ0n) is 15.2. The summed E-state index contributed by atoms with van der Waals surface area (Å²) < 4.78 is 5.85. The Labute approximate surface area is 149 Å². The van der Waals surface area contributed by atoms with E-state index in [0.717, 1.165) is 24.2 Å². The number of nitrogens with zero attached hydrogens (tertiary/aromatic N) is 1. The van der Waals surface area contributed by atoms with Gasteiger partial charge in [0, 0.05) is 18.7 Å². The van der Waals surface area contributed by atoms with Crippen LogP contribution in [-0.2, 0) is 0 Å². The molecule has 1 N–H and O–H groups in total. The molecule has 0 radical (unpaired) electrons. The predicted molar refractivity (Wildman–Crippen MR) is 98.5 cm³/mol. The third-order valence-electron chi connectivity index (χ3n) is 5.16. The van der Waals surface area contributed by atoms with Crippen molar-refractivity contribution in [2.45, 2.75) is 45.6 Å². The Hall–Kier alpha value is -2.07. The first-order chi connectivity index (χ1) is 12.0. The summed E-state index contributed by atoms with van der Waals surface area (Å²) in [6.45, 7) is 7.49. The number of hydrogen-bond donors (Lipinski definition) is 1. The summed E-state index contributed by atoms with van der Waals surface area (Å²) in [5, 5.41) is 9.69. The molecule has 134 valence electrons. The number of carbonyl (C=O) groups is 1. The van der Waals surface area contributed by atoms with Gasteiger partial charge >= 0.3 is 0 Å².